The van der Waals surface area contributed by atoms with E-state index in [-0.39, 0.29) is 31.9 Å². The van der Waals surface area contributed by atoms with Gasteiger partial charge in [-0.25, -0.2) is 4.79 Å². The zero-order valence-corrected chi connectivity index (χ0v) is 20.0. The summed E-state index contributed by atoms with van der Waals surface area (Å²) in [6.07, 6.45) is 0.952. The van der Waals surface area contributed by atoms with Gasteiger partial charge in [0.2, 0.25) is 0 Å². The quantitative estimate of drug-likeness (QED) is 0.141. The van der Waals surface area contributed by atoms with Gasteiger partial charge in [-0.2, -0.15) is 0 Å². The standard InChI is InChI=1S/C22H29IO7/c1-21(2,9-10-22(3,4)20(26)30-14-17-13-29-17)19(25)28-12-11-27-18(24)15-5-7-16(23)8-6-15/h5-8,17H,9-14H2,1-4H3. The van der Waals surface area contributed by atoms with Crippen LogP contribution in [-0.4, -0.2) is 50.4 Å². The van der Waals surface area contributed by atoms with E-state index in [2.05, 4.69) is 22.6 Å². The minimum Gasteiger partial charge on any atom is -0.462 e. The van der Waals surface area contributed by atoms with Crippen LogP contribution in [0, 0.1) is 14.4 Å². The summed E-state index contributed by atoms with van der Waals surface area (Å²) in [6, 6.07) is 7.00. The lowest BCUT2D eigenvalue weighted by Crippen LogP contribution is -2.33. The Kier molecular flexibility index (Phi) is 8.66. The maximum Gasteiger partial charge on any atom is 0.338 e. The molecule has 0 aliphatic carbocycles. The average molecular weight is 532 g/mol. The second kappa shape index (κ2) is 10.6. The Morgan fingerprint density at radius 3 is 1.97 bits per heavy atom. The molecule has 0 radical (unpaired) electrons. The van der Waals surface area contributed by atoms with E-state index in [0.717, 1.165) is 3.57 Å². The highest BCUT2D eigenvalue weighted by molar-refractivity contribution is 14.1. The number of epoxide rings is 1. The largest absolute Gasteiger partial charge is 0.462 e. The van der Waals surface area contributed by atoms with Crippen molar-refractivity contribution in [3.05, 3.63) is 33.4 Å². The number of halogens is 1. The first-order chi connectivity index (χ1) is 14.0. The molecule has 166 valence electrons. The van der Waals surface area contributed by atoms with Gasteiger partial charge in [0.25, 0.3) is 0 Å². The average Bonchev–Trinajstić information content (AvgIpc) is 3.52. The van der Waals surface area contributed by atoms with Gasteiger partial charge < -0.3 is 18.9 Å². The molecule has 0 saturated carbocycles. The molecule has 0 bridgehead atoms. The predicted octanol–water partition coefficient (Wildman–Crippen LogP) is 3.77. The molecule has 1 atom stereocenters. The van der Waals surface area contributed by atoms with E-state index in [4.69, 9.17) is 18.9 Å². The Morgan fingerprint density at radius 1 is 0.933 bits per heavy atom. The van der Waals surface area contributed by atoms with E-state index in [1.54, 1.807) is 39.8 Å². The van der Waals surface area contributed by atoms with Crippen molar-refractivity contribution in [2.45, 2.75) is 46.6 Å². The van der Waals surface area contributed by atoms with Crippen LogP contribution in [-0.2, 0) is 28.5 Å². The summed E-state index contributed by atoms with van der Waals surface area (Å²) in [5, 5.41) is 0. The molecule has 1 aromatic rings. The first-order valence-corrected chi connectivity index (χ1v) is 11.0. The van der Waals surface area contributed by atoms with E-state index in [1.807, 2.05) is 12.1 Å². The second-order valence-electron chi connectivity index (χ2n) is 8.60. The van der Waals surface area contributed by atoms with Crippen molar-refractivity contribution in [2.75, 3.05) is 26.4 Å². The molecule has 8 heteroatoms. The summed E-state index contributed by atoms with van der Waals surface area (Å²) >= 11 is 2.15. The zero-order chi connectivity index (χ0) is 22.4. The van der Waals surface area contributed by atoms with E-state index >= 15 is 0 Å². The summed E-state index contributed by atoms with van der Waals surface area (Å²) < 4.78 is 21.7. The maximum atomic E-state index is 12.4. The minimum absolute atomic E-state index is 0.0201. The Labute approximate surface area is 190 Å². The number of carbonyl (C=O) groups is 3. The van der Waals surface area contributed by atoms with Gasteiger partial charge in [0.05, 0.1) is 23.0 Å². The third-order valence-corrected chi connectivity index (χ3v) is 5.63. The van der Waals surface area contributed by atoms with Crippen molar-refractivity contribution in [1.82, 2.24) is 0 Å². The molecule has 7 nitrogen and oxygen atoms in total. The number of carbonyl (C=O) groups excluding carboxylic acids is 3. The van der Waals surface area contributed by atoms with Crippen molar-refractivity contribution in [2.24, 2.45) is 10.8 Å². The van der Waals surface area contributed by atoms with Crippen molar-refractivity contribution in [3.63, 3.8) is 0 Å². The number of benzene rings is 1. The molecule has 1 aromatic carbocycles. The number of rotatable bonds is 11. The summed E-state index contributed by atoms with van der Waals surface area (Å²) in [6.45, 7) is 8.00. The van der Waals surface area contributed by atoms with Crippen LogP contribution in [0.5, 0.6) is 0 Å². The molecule has 0 aromatic heterocycles. The van der Waals surface area contributed by atoms with Crippen LogP contribution >= 0.6 is 22.6 Å². The van der Waals surface area contributed by atoms with Gasteiger partial charge in [0, 0.05) is 3.57 Å². The molecular weight excluding hydrogens is 503 g/mol. The van der Waals surface area contributed by atoms with Gasteiger partial charge in [0.15, 0.2) is 0 Å². The smallest absolute Gasteiger partial charge is 0.338 e. The monoisotopic (exact) mass is 532 g/mol. The van der Waals surface area contributed by atoms with Gasteiger partial charge >= 0.3 is 17.9 Å². The summed E-state index contributed by atoms with van der Waals surface area (Å²) in [4.78, 5) is 36.6. The van der Waals surface area contributed by atoms with E-state index in [9.17, 15) is 14.4 Å². The fourth-order valence-corrected chi connectivity index (χ4v) is 2.85. The SMILES string of the molecule is CC(C)(CCC(C)(C)C(=O)OCC1CO1)C(=O)OCCOC(=O)c1ccc(I)cc1. The lowest BCUT2D eigenvalue weighted by atomic mass is 9.79. The van der Waals surface area contributed by atoms with Gasteiger partial charge in [-0.15, -0.1) is 0 Å². The Balaban J connectivity index is 1.70. The van der Waals surface area contributed by atoms with E-state index < -0.39 is 22.8 Å². The van der Waals surface area contributed by atoms with Crippen molar-refractivity contribution < 1.29 is 33.3 Å². The van der Waals surface area contributed by atoms with Crippen LogP contribution in [0.15, 0.2) is 24.3 Å². The fourth-order valence-electron chi connectivity index (χ4n) is 2.49. The highest BCUT2D eigenvalue weighted by Crippen LogP contribution is 2.33. The van der Waals surface area contributed by atoms with Crippen LogP contribution < -0.4 is 0 Å². The molecule has 1 saturated heterocycles. The molecule has 1 heterocycles. The third kappa shape index (κ3) is 7.86. The molecule has 0 amide bonds. The number of esters is 3. The second-order valence-corrected chi connectivity index (χ2v) is 9.85. The minimum atomic E-state index is -0.780. The molecule has 1 fully saturated rings. The van der Waals surface area contributed by atoms with Crippen LogP contribution in [0.25, 0.3) is 0 Å². The number of ether oxygens (including phenoxy) is 4. The van der Waals surface area contributed by atoms with Gasteiger partial charge in [0.1, 0.15) is 25.9 Å². The van der Waals surface area contributed by atoms with Crippen molar-refractivity contribution in [1.29, 1.82) is 0 Å². The molecule has 1 unspecified atom stereocenters. The first kappa shape index (κ1) is 24.6. The van der Waals surface area contributed by atoms with Gasteiger partial charge in [-0.1, -0.05) is 0 Å². The number of hydrogen-bond acceptors (Lipinski definition) is 7. The van der Waals surface area contributed by atoms with Crippen molar-refractivity contribution in [3.8, 4) is 0 Å². The Morgan fingerprint density at radius 2 is 1.43 bits per heavy atom. The van der Waals surface area contributed by atoms with E-state index in [1.165, 1.54) is 0 Å². The zero-order valence-electron chi connectivity index (χ0n) is 17.9. The van der Waals surface area contributed by atoms with Crippen LogP contribution in [0.2, 0.25) is 0 Å². The van der Waals surface area contributed by atoms with Crippen molar-refractivity contribution >= 4 is 40.5 Å². The molecule has 1 aliphatic heterocycles. The lowest BCUT2D eigenvalue weighted by molar-refractivity contribution is -0.159. The number of hydrogen-bond donors (Lipinski definition) is 0. The highest BCUT2D eigenvalue weighted by Gasteiger charge is 2.37. The maximum absolute atomic E-state index is 12.4. The first-order valence-electron chi connectivity index (χ1n) is 9.90. The fraction of sp³-hybridized carbons (Fsp3) is 0.591. The molecule has 0 N–H and O–H groups in total. The summed E-state index contributed by atoms with van der Waals surface area (Å²) in [7, 11) is 0. The molecule has 1 aliphatic rings. The van der Waals surface area contributed by atoms with Crippen LogP contribution in [0.3, 0.4) is 0 Å². The Hall–Kier alpha value is -1.68. The highest BCUT2D eigenvalue weighted by atomic mass is 127. The molecular formula is C22H29IO7. The normalized spacial score (nSPS) is 16.0. The predicted molar refractivity (Wildman–Crippen MR) is 118 cm³/mol. The summed E-state index contributed by atoms with van der Waals surface area (Å²) in [5.74, 6) is -1.16. The molecule has 30 heavy (non-hydrogen) atoms. The van der Waals surface area contributed by atoms with Crippen LogP contribution in [0.1, 0.15) is 50.9 Å². The summed E-state index contributed by atoms with van der Waals surface area (Å²) in [5.41, 5.74) is -1.04. The molecule has 0 spiro atoms. The van der Waals surface area contributed by atoms with Gasteiger partial charge in [-0.05, 0) is 87.4 Å². The molecule has 2 rings (SSSR count). The van der Waals surface area contributed by atoms with Crippen LogP contribution in [0.4, 0.5) is 0 Å². The Bertz CT molecular complexity index is 751. The van der Waals surface area contributed by atoms with Gasteiger partial charge in [-0.3, -0.25) is 9.59 Å². The third-order valence-electron chi connectivity index (χ3n) is 4.91. The lowest BCUT2D eigenvalue weighted by Gasteiger charge is -2.28. The van der Waals surface area contributed by atoms with E-state index in [0.29, 0.717) is 25.0 Å². The topological polar surface area (TPSA) is 91.4 Å².